The van der Waals surface area contributed by atoms with Gasteiger partial charge < -0.3 is 5.11 Å². The summed E-state index contributed by atoms with van der Waals surface area (Å²) in [5.41, 5.74) is 1.05. The third kappa shape index (κ3) is 2.94. The Morgan fingerprint density at radius 2 is 2.00 bits per heavy atom. The van der Waals surface area contributed by atoms with Gasteiger partial charge in [0.05, 0.1) is 19.1 Å². The first kappa shape index (κ1) is 12.7. The lowest BCUT2D eigenvalue weighted by molar-refractivity contribution is -0.126. The van der Waals surface area contributed by atoms with E-state index in [2.05, 4.69) is 5.32 Å². The predicted octanol–water partition coefficient (Wildman–Crippen LogP) is -0.104. The topological polar surface area (TPSA) is 69.6 Å². The molecule has 5 nitrogen and oxygen atoms in total. The molecule has 2 rings (SSSR count). The van der Waals surface area contributed by atoms with Gasteiger partial charge in [-0.25, -0.2) is 0 Å². The minimum Gasteiger partial charge on any atom is -0.395 e. The molecule has 0 radical (unpaired) electrons. The lowest BCUT2D eigenvalue weighted by Crippen LogP contribution is -2.41. The van der Waals surface area contributed by atoms with E-state index in [1.54, 1.807) is 0 Å². The minimum atomic E-state index is -0.468. The van der Waals surface area contributed by atoms with Crippen LogP contribution in [-0.2, 0) is 16.1 Å². The van der Waals surface area contributed by atoms with Crippen LogP contribution in [0.15, 0.2) is 30.3 Å². The maximum absolute atomic E-state index is 11.6. The first-order valence-electron chi connectivity index (χ1n) is 5.93. The standard InChI is InChI=1S/C13H16N2O3/c16-7-6-15(9-10-4-2-1-3-5-10)11-8-12(17)14-13(11)18/h1-5,11,16H,6-9H2,(H,14,17,18). The number of rotatable bonds is 5. The molecule has 1 saturated heterocycles. The summed E-state index contributed by atoms with van der Waals surface area (Å²) in [7, 11) is 0. The van der Waals surface area contributed by atoms with E-state index in [0.29, 0.717) is 13.1 Å². The third-order valence-electron chi connectivity index (χ3n) is 3.00. The zero-order valence-electron chi connectivity index (χ0n) is 10.0. The first-order valence-corrected chi connectivity index (χ1v) is 5.93. The lowest BCUT2D eigenvalue weighted by atomic mass is 10.1. The fourth-order valence-corrected chi connectivity index (χ4v) is 2.13. The zero-order chi connectivity index (χ0) is 13.0. The van der Waals surface area contributed by atoms with Crippen LogP contribution in [0.2, 0.25) is 0 Å². The molecule has 1 aromatic carbocycles. The van der Waals surface area contributed by atoms with Gasteiger partial charge in [0.1, 0.15) is 0 Å². The van der Waals surface area contributed by atoms with Crippen LogP contribution in [0.4, 0.5) is 0 Å². The van der Waals surface area contributed by atoms with Crippen molar-refractivity contribution in [3.63, 3.8) is 0 Å². The van der Waals surface area contributed by atoms with Crippen LogP contribution >= 0.6 is 0 Å². The van der Waals surface area contributed by atoms with Crippen molar-refractivity contribution in [2.75, 3.05) is 13.2 Å². The second kappa shape index (κ2) is 5.75. The molecule has 2 amide bonds. The number of aliphatic hydroxyl groups excluding tert-OH is 1. The van der Waals surface area contributed by atoms with Crippen molar-refractivity contribution >= 4 is 11.8 Å². The summed E-state index contributed by atoms with van der Waals surface area (Å²) in [5.74, 6) is -0.523. The van der Waals surface area contributed by atoms with E-state index in [0.717, 1.165) is 5.56 Å². The second-order valence-electron chi connectivity index (χ2n) is 4.31. The molecule has 1 aliphatic rings. The maximum Gasteiger partial charge on any atom is 0.244 e. The highest BCUT2D eigenvalue weighted by molar-refractivity contribution is 6.05. The summed E-state index contributed by atoms with van der Waals surface area (Å²) in [5, 5.41) is 11.4. The number of nitrogens with one attached hydrogen (secondary N) is 1. The third-order valence-corrected chi connectivity index (χ3v) is 3.00. The van der Waals surface area contributed by atoms with Crippen molar-refractivity contribution in [2.24, 2.45) is 0 Å². The molecule has 0 spiro atoms. The van der Waals surface area contributed by atoms with Crippen molar-refractivity contribution < 1.29 is 14.7 Å². The number of hydrogen-bond donors (Lipinski definition) is 2. The van der Waals surface area contributed by atoms with Crippen LogP contribution in [-0.4, -0.2) is 41.0 Å². The number of benzene rings is 1. The molecule has 1 aromatic rings. The SMILES string of the molecule is O=C1CC(N(CCO)Cc2ccccc2)C(=O)N1. The number of amides is 2. The van der Waals surface area contributed by atoms with Gasteiger partial charge in [-0.3, -0.25) is 19.8 Å². The highest BCUT2D eigenvalue weighted by Gasteiger charge is 2.34. The lowest BCUT2D eigenvalue weighted by Gasteiger charge is -2.25. The normalized spacial score (nSPS) is 19.3. The fraction of sp³-hybridized carbons (Fsp3) is 0.385. The van der Waals surface area contributed by atoms with Crippen LogP contribution in [0.1, 0.15) is 12.0 Å². The Morgan fingerprint density at radius 1 is 1.28 bits per heavy atom. The van der Waals surface area contributed by atoms with Crippen molar-refractivity contribution in [2.45, 2.75) is 19.0 Å². The molecule has 18 heavy (non-hydrogen) atoms. The summed E-state index contributed by atoms with van der Waals surface area (Å²) in [6.45, 7) is 0.887. The summed E-state index contributed by atoms with van der Waals surface area (Å²) < 4.78 is 0. The van der Waals surface area contributed by atoms with E-state index in [1.807, 2.05) is 35.2 Å². The van der Waals surface area contributed by atoms with Crippen molar-refractivity contribution in [1.29, 1.82) is 0 Å². The van der Waals surface area contributed by atoms with Crippen molar-refractivity contribution in [3.8, 4) is 0 Å². The largest absolute Gasteiger partial charge is 0.395 e. The smallest absolute Gasteiger partial charge is 0.244 e. The van der Waals surface area contributed by atoms with Gasteiger partial charge in [0.25, 0.3) is 0 Å². The Balaban J connectivity index is 2.08. The van der Waals surface area contributed by atoms with Gasteiger partial charge >= 0.3 is 0 Å². The average molecular weight is 248 g/mol. The molecule has 0 aliphatic carbocycles. The molecule has 0 saturated carbocycles. The number of aliphatic hydroxyl groups is 1. The zero-order valence-corrected chi connectivity index (χ0v) is 10.0. The minimum absolute atomic E-state index is 0.0369. The van der Waals surface area contributed by atoms with Crippen LogP contribution in [0, 0.1) is 0 Å². The van der Waals surface area contributed by atoms with E-state index in [-0.39, 0.29) is 24.8 Å². The van der Waals surface area contributed by atoms with E-state index in [9.17, 15) is 9.59 Å². The Morgan fingerprint density at radius 3 is 2.56 bits per heavy atom. The van der Waals surface area contributed by atoms with Gasteiger partial charge in [-0.15, -0.1) is 0 Å². The molecule has 1 atom stereocenters. The average Bonchev–Trinajstić information content (AvgIpc) is 2.69. The predicted molar refractivity (Wildman–Crippen MR) is 65.5 cm³/mol. The van der Waals surface area contributed by atoms with Crippen molar-refractivity contribution in [1.82, 2.24) is 10.2 Å². The van der Waals surface area contributed by atoms with Crippen molar-refractivity contribution in [3.05, 3.63) is 35.9 Å². The Labute approximate surface area is 105 Å². The molecule has 5 heteroatoms. The molecule has 0 aromatic heterocycles. The van der Waals surface area contributed by atoms with E-state index < -0.39 is 6.04 Å². The summed E-state index contributed by atoms with van der Waals surface area (Å²) in [6, 6.07) is 9.22. The van der Waals surface area contributed by atoms with E-state index in [4.69, 9.17) is 5.11 Å². The van der Waals surface area contributed by atoms with Gasteiger partial charge in [-0.05, 0) is 5.56 Å². The molecule has 1 unspecified atom stereocenters. The van der Waals surface area contributed by atoms with Gasteiger partial charge in [0.2, 0.25) is 11.8 Å². The van der Waals surface area contributed by atoms with Gasteiger partial charge in [-0.1, -0.05) is 30.3 Å². The quantitative estimate of drug-likeness (QED) is 0.714. The number of imide groups is 1. The fourth-order valence-electron chi connectivity index (χ4n) is 2.13. The highest BCUT2D eigenvalue weighted by Crippen LogP contribution is 2.14. The Bertz CT molecular complexity index is 433. The Hall–Kier alpha value is -1.72. The molecule has 0 bridgehead atoms. The number of nitrogens with zero attached hydrogens (tertiary/aromatic N) is 1. The van der Waals surface area contributed by atoms with Crippen LogP contribution in [0.5, 0.6) is 0 Å². The highest BCUT2D eigenvalue weighted by atomic mass is 16.3. The molecule has 96 valence electrons. The van der Waals surface area contributed by atoms with Crippen LogP contribution < -0.4 is 5.32 Å². The second-order valence-corrected chi connectivity index (χ2v) is 4.31. The molecule has 1 heterocycles. The summed E-state index contributed by atoms with van der Waals surface area (Å²) in [4.78, 5) is 24.7. The molecule has 2 N–H and O–H groups in total. The monoisotopic (exact) mass is 248 g/mol. The number of hydrogen-bond acceptors (Lipinski definition) is 4. The molecule has 1 fully saturated rings. The summed E-state index contributed by atoms with van der Waals surface area (Å²) in [6.07, 6.45) is 0.172. The van der Waals surface area contributed by atoms with Gasteiger partial charge in [0, 0.05) is 13.1 Å². The Kier molecular flexibility index (Phi) is 4.07. The molecular weight excluding hydrogens is 232 g/mol. The molecule has 1 aliphatic heterocycles. The van der Waals surface area contributed by atoms with E-state index >= 15 is 0 Å². The van der Waals surface area contributed by atoms with E-state index in [1.165, 1.54) is 0 Å². The van der Waals surface area contributed by atoms with Crippen LogP contribution in [0.3, 0.4) is 0 Å². The number of carbonyl (C=O) groups excluding carboxylic acids is 2. The van der Waals surface area contributed by atoms with Gasteiger partial charge in [-0.2, -0.15) is 0 Å². The summed E-state index contributed by atoms with van der Waals surface area (Å²) >= 11 is 0. The first-order chi connectivity index (χ1) is 8.70. The maximum atomic E-state index is 11.6. The van der Waals surface area contributed by atoms with Gasteiger partial charge in [0.15, 0.2) is 0 Å². The molecular formula is C13H16N2O3. The van der Waals surface area contributed by atoms with Crippen LogP contribution in [0.25, 0.3) is 0 Å². The number of carbonyl (C=O) groups is 2.